The highest BCUT2D eigenvalue weighted by Crippen LogP contribution is 2.38. The molecule has 3 rings (SSSR count). The number of aromatic hydroxyl groups is 1. The number of phenolic OH excluding ortho intramolecular Hbond substituents is 1. The third kappa shape index (κ3) is 1.70. The monoisotopic (exact) mass is 336 g/mol. The molecule has 2 aromatic carbocycles. The molecule has 1 heterocycles. The number of halogens is 1. The van der Waals surface area contributed by atoms with Crippen LogP contribution in [0.15, 0.2) is 52.9 Å². The molecule has 3 heteroatoms. The van der Waals surface area contributed by atoms with Crippen molar-refractivity contribution < 1.29 is 9.52 Å². The van der Waals surface area contributed by atoms with Crippen LogP contribution in [0.3, 0.4) is 0 Å². The van der Waals surface area contributed by atoms with Crippen LogP contribution in [0.2, 0.25) is 0 Å². The second kappa shape index (κ2) is 4.07. The van der Waals surface area contributed by atoms with E-state index in [1.165, 1.54) is 0 Å². The number of rotatable bonds is 1. The molecule has 0 radical (unpaired) electrons. The molecular weight excluding hydrogens is 327 g/mol. The van der Waals surface area contributed by atoms with Crippen LogP contribution in [0.5, 0.6) is 5.75 Å². The van der Waals surface area contributed by atoms with Crippen molar-refractivity contribution in [3.63, 3.8) is 0 Å². The first-order valence-corrected chi connectivity index (χ1v) is 6.30. The van der Waals surface area contributed by atoms with E-state index in [0.29, 0.717) is 0 Å². The number of phenols is 1. The van der Waals surface area contributed by atoms with E-state index in [9.17, 15) is 5.11 Å². The Kier molecular flexibility index (Phi) is 2.55. The van der Waals surface area contributed by atoms with E-state index in [0.717, 1.165) is 25.9 Å². The standard InChI is InChI=1S/C14H9IO2/c15-13-10-6-2-4-8-12(10)17-14(13)9-5-1-3-7-11(9)16/h1-8,16H. The van der Waals surface area contributed by atoms with Gasteiger partial charge in [0.15, 0.2) is 5.76 Å². The SMILES string of the molecule is Oc1ccccc1-c1oc2ccccc2c1I. The van der Waals surface area contributed by atoms with E-state index in [1.54, 1.807) is 12.1 Å². The normalized spacial score (nSPS) is 10.9. The molecule has 0 bridgehead atoms. The summed E-state index contributed by atoms with van der Waals surface area (Å²) in [6.07, 6.45) is 0. The largest absolute Gasteiger partial charge is 0.507 e. The second-order valence-corrected chi connectivity index (χ2v) is 4.84. The number of hydrogen-bond donors (Lipinski definition) is 1. The fourth-order valence-corrected chi connectivity index (χ4v) is 2.70. The van der Waals surface area contributed by atoms with Gasteiger partial charge in [0.2, 0.25) is 0 Å². The third-order valence-corrected chi connectivity index (χ3v) is 3.75. The molecule has 1 aromatic heterocycles. The number of benzene rings is 2. The maximum absolute atomic E-state index is 9.85. The smallest absolute Gasteiger partial charge is 0.152 e. The van der Waals surface area contributed by atoms with Crippen LogP contribution in [0.4, 0.5) is 0 Å². The molecule has 0 aliphatic rings. The highest BCUT2D eigenvalue weighted by molar-refractivity contribution is 14.1. The van der Waals surface area contributed by atoms with Gasteiger partial charge in [-0.1, -0.05) is 30.3 Å². The van der Waals surface area contributed by atoms with Crippen LogP contribution in [-0.2, 0) is 0 Å². The molecule has 84 valence electrons. The zero-order chi connectivity index (χ0) is 11.8. The summed E-state index contributed by atoms with van der Waals surface area (Å²) in [5.74, 6) is 0.967. The van der Waals surface area contributed by atoms with Crippen LogP contribution in [0.1, 0.15) is 0 Å². The molecule has 0 spiro atoms. The lowest BCUT2D eigenvalue weighted by molar-refractivity contribution is 0.474. The van der Waals surface area contributed by atoms with Crippen molar-refractivity contribution in [1.29, 1.82) is 0 Å². The zero-order valence-electron chi connectivity index (χ0n) is 8.85. The van der Waals surface area contributed by atoms with Crippen molar-refractivity contribution in [3.8, 4) is 17.1 Å². The average molecular weight is 336 g/mol. The van der Waals surface area contributed by atoms with Gasteiger partial charge in [0.25, 0.3) is 0 Å². The van der Waals surface area contributed by atoms with Crippen LogP contribution in [0.25, 0.3) is 22.3 Å². The first kappa shape index (κ1) is 10.7. The lowest BCUT2D eigenvalue weighted by Crippen LogP contribution is -1.77. The molecule has 3 aromatic rings. The molecule has 2 nitrogen and oxygen atoms in total. The average Bonchev–Trinajstić information content (AvgIpc) is 2.68. The van der Waals surface area contributed by atoms with Crippen LogP contribution >= 0.6 is 22.6 Å². The molecule has 1 N–H and O–H groups in total. The molecule has 0 amide bonds. The summed E-state index contributed by atoms with van der Waals surface area (Å²) in [5, 5.41) is 10.9. The second-order valence-electron chi connectivity index (χ2n) is 3.76. The van der Waals surface area contributed by atoms with Crippen molar-refractivity contribution in [2.75, 3.05) is 0 Å². The molecule has 0 fully saturated rings. The van der Waals surface area contributed by atoms with E-state index < -0.39 is 0 Å². The maximum atomic E-state index is 9.85. The fraction of sp³-hybridized carbons (Fsp3) is 0. The summed E-state index contributed by atoms with van der Waals surface area (Å²) in [5.41, 5.74) is 1.57. The quantitative estimate of drug-likeness (QED) is 0.668. The highest BCUT2D eigenvalue weighted by atomic mass is 127. The van der Waals surface area contributed by atoms with Gasteiger partial charge < -0.3 is 9.52 Å². The maximum Gasteiger partial charge on any atom is 0.152 e. The van der Waals surface area contributed by atoms with E-state index >= 15 is 0 Å². The summed E-state index contributed by atoms with van der Waals surface area (Å²) in [6, 6.07) is 15.1. The Labute approximate surface area is 112 Å². The van der Waals surface area contributed by atoms with Crippen molar-refractivity contribution in [2.24, 2.45) is 0 Å². The molecule has 0 atom stereocenters. The number of hydrogen-bond acceptors (Lipinski definition) is 2. The summed E-state index contributed by atoms with van der Waals surface area (Å²) >= 11 is 2.25. The molecule has 0 aliphatic heterocycles. The third-order valence-electron chi connectivity index (χ3n) is 2.68. The number of fused-ring (bicyclic) bond motifs is 1. The first-order chi connectivity index (χ1) is 8.27. The van der Waals surface area contributed by atoms with Gasteiger partial charge in [-0.3, -0.25) is 0 Å². The lowest BCUT2D eigenvalue weighted by Gasteiger charge is -2.00. The molecule has 0 aliphatic carbocycles. The fourth-order valence-electron chi connectivity index (χ4n) is 1.85. The van der Waals surface area contributed by atoms with Gasteiger partial charge in [-0.05, 0) is 40.8 Å². The van der Waals surface area contributed by atoms with Crippen LogP contribution in [-0.4, -0.2) is 5.11 Å². The summed E-state index contributed by atoms with van der Waals surface area (Å²) < 4.78 is 6.83. The van der Waals surface area contributed by atoms with E-state index in [1.807, 2.05) is 36.4 Å². The Morgan fingerprint density at radius 3 is 2.41 bits per heavy atom. The highest BCUT2D eigenvalue weighted by Gasteiger charge is 2.15. The van der Waals surface area contributed by atoms with Crippen molar-refractivity contribution in [1.82, 2.24) is 0 Å². The topological polar surface area (TPSA) is 33.4 Å². The van der Waals surface area contributed by atoms with Crippen molar-refractivity contribution in [3.05, 3.63) is 52.1 Å². The van der Waals surface area contributed by atoms with Gasteiger partial charge in [-0.2, -0.15) is 0 Å². The van der Waals surface area contributed by atoms with Crippen LogP contribution in [0, 0.1) is 3.57 Å². The molecule has 17 heavy (non-hydrogen) atoms. The van der Waals surface area contributed by atoms with Gasteiger partial charge in [0, 0.05) is 5.39 Å². The predicted molar refractivity (Wildman–Crippen MR) is 76.0 cm³/mol. The zero-order valence-corrected chi connectivity index (χ0v) is 11.0. The summed E-state index contributed by atoms with van der Waals surface area (Å²) in [4.78, 5) is 0. The van der Waals surface area contributed by atoms with E-state index in [2.05, 4.69) is 22.6 Å². The predicted octanol–water partition coefficient (Wildman–Crippen LogP) is 4.41. The Bertz CT molecular complexity index is 686. The van der Waals surface area contributed by atoms with Gasteiger partial charge in [0.05, 0.1) is 9.13 Å². The van der Waals surface area contributed by atoms with Gasteiger partial charge in [-0.25, -0.2) is 0 Å². The Hall–Kier alpha value is -1.49. The molecule has 0 saturated heterocycles. The van der Waals surface area contributed by atoms with Crippen molar-refractivity contribution >= 4 is 33.6 Å². The molecular formula is C14H9IO2. The minimum Gasteiger partial charge on any atom is -0.507 e. The van der Waals surface area contributed by atoms with E-state index in [-0.39, 0.29) is 5.75 Å². The Balaban J connectivity index is 2.32. The number of para-hydroxylation sites is 2. The Morgan fingerprint density at radius 2 is 1.65 bits per heavy atom. The van der Waals surface area contributed by atoms with Gasteiger partial charge in [0.1, 0.15) is 11.3 Å². The lowest BCUT2D eigenvalue weighted by atomic mass is 10.1. The minimum absolute atomic E-state index is 0.240. The summed E-state index contributed by atoms with van der Waals surface area (Å²) in [6.45, 7) is 0. The Morgan fingerprint density at radius 1 is 0.941 bits per heavy atom. The molecule has 0 unspecified atom stereocenters. The van der Waals surface area contributed by atoms with Gasteiger partial charge in [-0.15, -0.1) is 0 Å². The van der Waals surface area contributed by atoms with Crippen LogP contribution < -0.4 is 0 Å². The number of furan rings is 1. The van der Waals surface area contributed by atoms with Crippen molar-refractivity contribution in [2.45, 2.75) is 0 Å². The minimum atomic E-state index is 0.240. The van der Waals surface area contributed by atoms with E-state index in [4.69, 9.17) is 4.42 Å². The van der Waals surface area contributed by atoms with Gasteiger partial charge >= 0.3 is 0 Å². The first-order valence-electron chi connectivity index (χ1n) is 5.23. The molecule has 0 saturated carbocycles. The summed E-state index contributed by atoms with van der Waals surface area (Å²) in [7, 11) is 0.